The number of nitrogens with one attached hydrogen (secondary N) is 1. The molecule has 1 aliphatic heterocycles. The largest absolute Gasteiger partial charge is 0.495 e. The second kappa shape index (κ2) is 7.51. The summed E-state index contributed by atoms with van der Waals surface area (Å²) in [4.78, 5) is 16.4. The molecule has 1 fully saturated rings. The van der Waals surface area contributed by atoms with Crippen molar-refractivity contribution in [2.75, 3.05) is 25.6 Å². The minimum Gasteiger partial charge on any atom is -0.495 e. The van der Waals surface area contributed by atoms with Gasteiger partial charge in [-0.05, 0) is 24.3 Å². The number of carbonyl (C=O) groups excluding carboxylic acids is 1. The van der Waals surface area contributed by atoms with Gasteiger partial charge in [0.05, 0.1) is 30.9 Å². The van der Waals surface area contributed by atoms with Gasteiger partial charge in [0.2, 0.25) is 5.88 Å². The standard InChI is InChI=1S/C17H17ClN2O4/c1-22-15-4-3-12(8-14(15)18)20-17(21)11-2-5-16(19-9-11)24-13-6-7-23-10-13/h2-5,8-9,13H,6-7,10H2,1H3,(H,20,21). The molecule has 1 amide bonds. The molecule has 0 bridgehead atoms. The maximum atomic E-state index is 12.2. The van der Waals surface area contributed by atoms with E-state index in [4.69, 9.17) is 25.8 Å². The van der Waals surface area contributed by atoms with Crippen LogP contribution in [0.3, 0.4) is 0 Å². The smallest absolute Gasteiger partial charge is 0.257 e. The minimum atomic E-state index is -0.278. The van der Waals surface area contributed by atoms with Crippen LogP contribution in [-0.2, 0) is 4.74 Å². The summed E-state index contributed by atoms with van der Waals surface area (Å²) in [5, 5.41) is 3.19. The highest BCUT2D eigenvalue weighted by molar-refractivity contribution is 6.32. The number of methoxy groups -OCH3 is 1. The molecule has 24 heavy (non-hydrogen) atoms. The van der Waals surface area contributed by atoms with E-state index in [-0.39, 0.29) is 12.0 Å². The average Bonchev–Trinajstić information content (AvgIpc) is 3.08. The van der Waals surface area contributed by atoms with Crippen molar-refractivity contribution in [3.8, 4) is 11.6 Å². The molecule has 0 spiro atoms. The Hall–Kier alpha value is -2.31. The van der Waals surface area contributed by atoms with Crippen LogP contribution >= 0.6 is 11.6 Å². The maximum absolute atomic E-state index is 12.2. The number of anilines is 1. The predicted molar refractivity (Wildman–Crippen MR) is 90.0 cm³/mol. The number of rotatable bonds is 5. The molecular formula is C17H17ClN2O4. The fraction of sp³-hybridized carbons (Fsp3) is 0.294. The molecule has 0 aliphatic carbocycles. The third-order valence-electron chi connectivity index (χ3n) is 3.58. The molecular weight excluding hydrogens is 332 g/mol. The van der Waals surface area contributed by atoms with Crippen molar-refractivity contribution in [1.29, 1.82) is 0 Å². The van der Waals surface area contributed by atoms with Gasteiger partial charge in [-0.2, -0.15) is 0 Å². The SMILES string of the molecule is COc1ccc(NC(=O)c2ccc(OC3CCOC3)nc2)cc1Cl. The van der Waals surface area contributed by atoms with Gasteiger partial charge < -0.3 is 19.5 Å². The van der Waals surface area contributed by atoms with Gasteiger partial charge in [0, 0.05) is 24.4 Å². The highest BCUT2D eigenvalue weighted by atomic mass is 35.5. The molecule has 6 nitrogen and oxygen atoms in total. The van der Waals surface area contributed by atoms with Crippen molar-refractivity contribution < 1.29 is 19.0 Å². The van der Waals surface area contributed by atoms with Crippen molar-refractivity contribution in [3.63, 3.8) is 0 Å². The zero-order valence-electron chi connectivity index (χ0n) is 13.1. The number of benzene rings is 1. The van der Waals surface area contributed by atoms with Crippen LogP contribution in [0.4, 0.5) is 5.69 Å². The molecule has 7 heteroatoms. The van der Waals surface area contributed by atoms with Crippen molar-refractivity contribution >= 4 is 23.2 Å². The van der Waals surface area contributed by atoms with Crippen LogP contribution in [0.1, 0.15) is 16.8 Å². The summed E-state index contributed by atoms with van der Waals surface area (Å²) < 4.78 is 16.0. The van der Waals surface area contributed by atoms with Gasteiger partial charge >= 0.3 is 0 Å². The Morgan fingerprint density at radius 2 is 2.25 bits per heavy atom. The Kier molecular flexibility index (Phi) is 5.17. The number of amides is 1. The van der Waals surface area contributed by atoms with E-state index >= 15 is 0 Å². The molecule has 1 aromatic heterocycles. The highest BCUT2D eigenvalue weighted by Crippen LogP contribution is 2.27. The number of aromatic nitrogens is 1. The van der Waals surface area contributed by atoms with Crippen molar-refractivity contribution in [2.24, 2.45) is 0 Å². The summed E-state index contributed by atoms with van der Waals surface area (Å²) in [6, 6.07) is 8.38. The molecule has 1 unspecified atom stereocenters. The first-order valence-corrected chi connectivity index (χ1v) is 7.89. The number of nitrogens with zero attached hydrogens (tertiary/aromatic N) is 1. The third-order valence-corrected chi connectivity index (χ3v) is 3.88. The molecule has 1 atom stereocenters. The number of hydrogen-bond acceptors (Lipinski definition) is 5. The van der Waals surface area contributed by atoms with E-state index in [0.29, 0.717) is 41.1 Å². The highest BCUT2D eigenvalue weighted by Gasteiger charge is 2.18. The van der Waals surface area contributed by atoms with Crippen LogP contribution in [0.5, 0.6) is 11.6 Å². The van der Waals surface area contributed by atoms with E-state index < -0.39 is 0 Å². The normalized spacial score (nSPS) is 16.7. The molecule has 2 aromatic rings. The van der Waals surface area contributed by atoms with E-state index in [2.05, 4.69) is 10.3 Å². The molecule has 1 aliphatic rings. The van der Waals surface area contributed by atoms with Crippen LogP contribution in [0.2, 0.25) is 5.02 Å². The van der Waals surface area contributed by atoms with Gasteiger partial charge in [0.15, 0.2) is 0 Å². The number of hydrogen-bond donors (Lipinski definition) is 1. The monoisotopic (exact) mass is 348 g/mol. The molecule has 0 saturated carbocycles. The van der Waals surface area contributed by atoms with Gasteiger partial charge in [-0.15, -0.1) is 0 Å². The summed E-state index contributed by atoms with van der Waals surface area (Å²) >= 11 is 6.05. The molecule has 1 saturated heterocycles. The zero-order valence-corrected chi connectivity index (χ0v) is 13.9. The van der Waals surface area contributed by atoms with Gasteiger partial charge in [0.25, 0.3) is 5.91 Å². The number of ether oxygens (including phenoxy) is 3. The average molecular weight is 349 g/mol. The predicted octanol–water partition coefficient (Wildman–Crippen LogP) is 3.16. The first-order valence-electron chi connectivity index (χ1n) is 7.51. The summed E-state index contributed by atoms with van der Waals surface area (Å²) in [6.07, 6.45) is 2.35. The Morgan fingerprint density at radius 1 is 1.38 bits per heavy atom. The number of carbonyl (C=O) groups is 1. The lowest BCUT2D eigenvalue weighted by Gasteiger charge is -2.11. The van der Waals surface area contributed by atoms with Crippen LogP contribution in [0.25, 0.3) is 0 Å². The van der Waals surface area contributed by atoms with Crippen LogP contribution in [0.15, 0.2) is 36.5 Å². The van der Waals surface area contributed by atoms with Crippen LogP contribution in [0, 0.1) is 0 Å². The second-order valence-electron chi connectivity index (χ2n) is 5.29. The summed E-state index contributed by atoms with van der Waals surface area (Å²) in [7, 11) is 1.53. The summed E-state index contributed by atoms with van der Waals surface area (Å²) in [5.74, 6) is 0.753. The lowest BCUT2D eigenvalue weighted by molar-refractivity contribution is 0.102. The quantitative estimate of drug-likeness (QED) is 0.898. The van der Waals surface area contributed by atoms with E-state index in [1.807, 2.05) is 0 Å². The molecule has 126 valence electrons. The Balaban J connectivity index is 1.63. The number of halogens is 1. The Labute approximate surface area is 144 Å². The van der Waals surface area contributed by atoms with Gasteiger partial charge in [-0.1, -0.05) is 11.6 Å². The first-order chi connectivity index (χ1) is 11.7. The van der Waals surface area contributed by atoms with Crippen molar-refractivity contribution in [2.45, 2.75) is 12.5 Å². The summed E-state index contributed by atoms with van der Waals surface area (Å²) in [6.45, 7) is 1.28. The molecule has 1 aromatic carbocycles. The van der Waals surface area contributed by atoms with E-state index in [1.165, 1.54) is 13.3 Å². The van der Waals surface area contributed by atoms with Gasteiger partial charge in [0.1, 0.15) is 11.9 Å². The Morgan fingerprint density at radius 3 is 2.88 bits per heavy atom. The van der Waals surface area contributed by atoms with Gasteiger partial charge in [-0.3, -0.25) is 4.79 Å². The summed E-state index contributed by atoms with van der Waals surface area (Å²) in [5.41, 5.74) is 1.01. The van der Waals surface area contributed by atoms with E-state index in [1.54, 1.807) is 30.3 Å². The van der Waals surface area contributed by atoms with Crippen molar-refractivity contribution in [1.82, 2.24) is 4.98 Å². The fourth-order valence-corrected chi connectivity index (χ4v) is 2.57. The van der Waals surface area contributed by atoms with Crippen LogP contribution < -0.4 is 14.8 Å². The van der Waals surface area contributed by atoms with E-state index in [0.717, 1.165) is 6.42 Å². The third kappa shape index (κ3) is 3.96. The maximum Gasteiger partial charge on any atom is 0.257 e. The molecule has 2 heterocycles. The molecule has 1 N–H and O–H groups in total. The lowest BCUT2D eigenvalue weighted by atomic mass is 10.2. The zero-order chi connectivity index (χ0) is 16.9. The molecule has 0 radical (unpaired) electrons. The fourth-order valence-electron chi connectivity index (χ4n) is 2.31. The number of pyridine rings is 1. The minimum absolute atomic E-state index is 0.0265. The van der Waals surface area contributed by atoms with E-state index in [9.17, 15) is 4.79 Å². The first kappa shape index (κ1) is 16.5. The lowest BCUT2D eigenvalue weighted by Crippen LogP contribution is -2.17. The second-order valence-corrected chi connectivity index (χ2v) is 5.70. The van der Waals surface area contributed by atoms with Gasteiger partial charge in [-0.25, -0.2) is 4.98 Å². The van der Waals surface area contributed by atoms with Crippen molar-refractivity contribution in [3.05, 3.63) is 47.1 Å². The van der Waals surface area contributed by atoms with Crippen LogP contribution in [-0.4, -0.2) is 37.3 Å². The Bertz CT molecular complexity index is 715. The molecule has 3 rings (SSSR count). The topological polar surface area (TPSA) is 69.7 Å².